The lowest BCUT2D eigenvalue weighted by atomic mass is 10.1. The quantitative estimate of drug-likeness (QED) is 0.560. The number of sulfone groups is 1. The number of esters is 1. The molecule has 0 aliphatic carbocycles. The molecule has 6 nitrogen and oxygen atoms in total. The molecule has 0 heterocycles. The van der Waals surface area contributed by atoms with Crippen molar-refractivity contribution in [2.75, 3.05) is 19.5 Å². The lowest BCUT2D eigenvalue weighted by Crippen LogP contribution is -2.13. The molecule has 2 aromatic rings. The molecule has 152 valence electrons. The van der Waals surface area contributed by atoms with Gasteiger partial charge >= 0.3 is 5.97 Å². The molecule has 0 aromatic heterocycles. The minimum Gasteiger partial charge on any atom is -0.489 e. The van der Waals surface area contributed by atoms with Gasteiger partial charge in [0.15, 0.2) is 9.84 Å². The Hall–Kier alpha value is -2.38. The molecule has 0 amide bonds. The standard InChI is InChI=1S/C21H26O6S/c1-4-25-20(14-21(22)26-5-2)17-9-11-18(12-10-17)27-15-16-7-6-8-19(13-16)28(3,23)24/h6-13,20H,4-5,14-15H2,1-3H3. The van der Waals surface area contributed by atoms with Gasteiger partial charge in [-0.05, 0) is 49.2 Å². The summed E-state index contributed by atoms with van der Waals surface area (Å²) < 4.78 is 39.7. The van der Waals surface area contributed by atoms with Crippen LogP contribution in [-0.2, 0) is 30.7 Å². The zero-order valence-electron chi connectivity index (χ0n) is 16.4. The van der Waals surface area contributed by atoms with Gasteiger partial charge in [0.2, 0.25) is 0 Å². The van der Waals surface area contributed by atoms with Crippen LogP contribution in [0.15, 0.2) is 53.4 Å². The van der Waals surface area contributed by atoms with E-state index in [2.05, 4.69) is 0 Å². The molecule has 0 aliphatic heterocycles. The molecule has 0 saturated carbocycles. The summed E-state index contributed by atoms with van der Waals surface area (Å²) in [6.07, 6.45) is 0.960. The van der Waals surface area contributed by atoms with Gasteiger partial charge in [-0.3, -0.25) is 4.79 Å². The second-order valence-electron chi connectivity index (χ2n) is 6.23. The first-order valence-electron chi connectivity index (χ1n) is 9.12. The number of benzene rings is 2. The van der Waals surface area contributed by atoms with Gasteiger partial charge in [0.1, 0.15) is 12.4 Å². The van der Waals surface area contributed by atoms with Gasteiger partial charge < -0.3 is 14.2 Å². The first-order valence-corrected chi connectivity index (χ1v) is 11.0. The molecule has 0 radical (unpaired) electrons. The van der Waals surface area contributed by atoms with Crippen LogP contribution in [0.4, 0.5) is 0 Å². The van der Waals surface area contributed by atoms with Crippen molar-refractivity contribution in [2.24, 2.45) is 0 Å². The Kier molecular flexibility index (Phi) is 8.02. The van der Waals surface area contributed by atoms with E-state index in [1.165, 1.54) is 6.26 Å². The maximum Gasteiger partial charge on any atom is 0.308 e. The van der Waals surface area contributed by atoms with Crippen molar-refractivity contribution in [3.63, 3.8) is 0 Å². The second kappa shape index (κ2) is 10.2. The van der Waals surface area contributed by atoms with Crippen LogP contribution < -0.4 is 4.74 Å². The van der Waals surface area contributed by atoms with Crippen LogP contribution in [0, 0.1) is 0 Å². The average Bonchev–Trinajstić information content (AvgIpc) is 2.66. The van der Waals surface area contributed by atoms with Gasteiger partial charge in [-0.2, -0.15) is 0 Å². The first-order chi connectivity index (χ1) is 13.3. The van der Waals surface area contributed by atoms with Crippen molar-refractivity contribution in [3.05, 3.63) is 59.7 Å². The maximum absolute atomic E-state index is 11.8. The smallest absolute Gasteiger partial charge is 0.308 e. The lowest BCUT2D eigenvalue weighted by Gasteiger charge is -2.17. The van der Waals surface area contributed by atoms with E-state index in [0.29, 0.717) is 19.0 Å². The Morgan fingerprint density at radius 3 is 2.36 bits per heavy atom. The number of ether oxygens (including phenoxy) is 3. The highest BCUT2D eigenvalue weighted by atomic mass is 32.2. The van der Waals surface area contributed by atoms with E-state index < -0.39 is 9.84 Å². The van der Waals surface area contributed by atoms with E-state index in [-0.39, 0.29) is 30.0 Å². The lowest BCUT2D eigenvalue weighted by molar-refractivity contribution is -0.146. The number of carbonyl (C=O) groups excluding carboxylic acids is 1. The fraction of sp³-hybridized carbons (Fsp3) is 0.381. The minimum atomic E-state index is -3.25. The normalized spacial score (nSPS) is 12.4. The fourth-order valence-corrected chi connectivity index (χ4v) is 3.35. The van der Waals surface area contributed by atoms with E-state index in [1.807, 2.05) is 25.1 Å². The van der Waals surface area contributed by atoms with E-state index in [0.717, 1.165) is 11.1 Å². The van der Waals surface area contributed by atoms with Gasteiger partial charge in [0.05, 0.1) is 24.0 Å². The average molecular weight is 407 g/mol. The highest BCUT2D eigenvalue weighted by molar-refractivity contribution is 7.90. The predicted molar refractivity (Wildman–Crippen MR) is 106 cm³/mol. The summed E-state index contributed by atoms with van der Waals surface area (Å²) in [6, 6.07) is 14.0. The molecular formula is C21H26O6S. The summed E-state index contributed by atoms with van der Waals surface area (Å²) in [7, 11) is -3.25. The molecule has 28 heavy (non-hydrogen) atoms. The summed E-state index contributed by atoms with van der Waals surface area (Å²) in [4.78, 5) is 12.0. The molecule has 7 heteroatoms. The monoisotopic (exact) mass is 406 g/mol. The van der Waals surface area contributed by atoms with E-state index in [1.54, 1.807) is 37.3 Å². The van der Waals surface area contributed by atoms with E-state index in [9.17, 15) is 13.2 Å². The van der Waals surface area contributed by atoms with Crippen molar-refractivity contribution in [1.82, 2.24) is 0 Å². The van der Waals surface area contributed by atoms with Crippen molar-refractivity contribution in [1.29, 1.82) is 0 Å². The molecule has 1 unspecified atom stereocenters. The summed E-state index contributed by atoms with van der Waals surface area (Å²) in [5.41, 5.74) is 1.63. The van der Waals surface area contributed by atoms with Crippen LogP contribution in [0.3, 0.4) is 0 Å². The molecule has 0 aliphatic rings. The summed E-state index contributed by atoms with van der Waals surface area (Å²) >= 11 is 0. The van der Waals surface area contributed by atoms with Gasteiger partial charge in [-0.25, -0.2) is 8.42 Å². The van der Waals surface area contributed by atoms with Crippen LogP contribution in [0.2, 0.25) is 0 Å². The summed E-state index contributed by atoms with van der Waals surface area (Å²) in [6.45, 7) is 4.72. The van der Waals surface area contributed by atoms with E-state index >= 15 is 0 Å². The van der Waals surface area contributed by atoms with Crippen LogP contribution in [0.5, 0.6) is 5.75 Å². The van der Waals surface area contributed by atoms with Gasteiger partial charge in [-0.15, -0.1) is 0 Å². The van der Waals surface area contributed by atoms with Gasteiger partial charge in [-0.1, -0.05) is 24.3 Å². The van der Waals surface area contributed by atoms with Crippen LogP contribution in [0.1, 0.15) is 37.5 Å². The minimum absolute atomic E-state index is 0.153. The number of hydrogen-bond donors (Lipinski definition) is 0. The number of rotatable bonds is 10. The Morgan fingerprint density at radius 1 is 1.04 bits per heavy atom. The molecule has 0 N–H and O–H groups in total. The van der Waals surface area contributed by atoms with Crippen LogP contribution in [-0.4, -0.2) is 33.9 Å². The summed E-state index contributed by atoms with van der Waals surface area (Å²) in [5, 5.41) is 0. The SMILES string of the molecule is CCOC(=O)CC(OCC)c1ccc(OCc2cccc(S(C)(=O)=O)c2)cc1. The number of hydrogen-bond acceptors (Lipinski definition) is 6. The Morgan fingerprint density at radius 2 is 1.75 bits per heavy atom. The zero-order valence-corrected chi connectivity index (χ0v) is 17.2. The fourth-order valence-electron chi connectivity index (χ4n) is 2.66. The van der Waals surface area contributed by atoms with Gasteiger partial charge in [0.25, 0.3) is 0 Å². The largest absolute Gasteiger partial charge is 0.489 e. The highest BCUT2D eigenvalue weighted by Gasteiger charge is 2.17. The zero-order chi connectivity index (χ0) is 20.6. The van der Waals surface area contributed by atoms with Crippen molar-refractivity contribution >= 4 is 15.8 Å². The van der Waals surface area contributed by atoms with E-state index in [4.69, 9.17) is 14.2 Å². The molecule has 2 rings (SSSR count). The van der Waals surface area contributed by atoms with Gasteiger partial charge in [0, 0.05) is 12.9 Å². The Balaban J connectivity index is 2.02. The third-order valence-corrected chi connectivity index (χ3v) is 5.12. The van der Waals surface area contributed by atoms with Crippen molar-refractivity contribution in [3.8, 4) is 5.75 Å². The molecule has 1 atom stereocenters. The van der Waals surface area contributed by atoms with Crippen molar-refractivity contribution in [2.45, 2.75) is 37.9 Å². The maximum atomic E-state index is 11.8. The summed E-state index contributed by atoms with van der Waals surface area (Å²) in [5.74, 6) is 0.340. The van der Waals surface area contributed by atoms with Crippen molar-refractivity contribution < 1.29 is 27.4 Å². The molecule has 0 fully saturated rings. The highest BCUT2D eigenvalue weighted by Crippen LogP contribution is 2.25. The molecule has 0 saturated heterocycles. The predicted octanol–water partition coefficient (Wildman–Crippen LogP) is 3.70. The molecular weight excluding hydrogens is 380 g/mol. The topological polar surface area (TPSA) is 78.9 Å². The molecule has 0 bridgehead atoms. The first kappa shape index (κ1) is 21.9. The molecule has 0 spiro atoms. The molecule has 2 aromatic carbocycles. The second-order valence-corrected chi connectivity index (χ2v) is 8.25. The third kappa shape index (κ3) is 6.65. The van der Waals surface area contributed by atoms with Crippen LogP contribution in [0.25, 0.3) is 0 Å². The third-order valence-electron chi connectivity index (χ3n) is 4.01. The van der Waals surface area contributed by atoms with Crippen LogP contribution >= 0.6 is 0 Å². The Labute approximate surface area is 166 Å². The number of carbonyl (C=O) groups is 1. The Bertz CT molecular complexity index is 874.